The fourth-order valence-corrected chi connectivity index (χ4v) is 2.88. The summed E-state index contributed by atoms with van der Waals surface area (Å²) in [5.74, 6) is 0.171. The first-order chi connectivity index (χ1) is 9.47. The highest BCUT2D eigenvalue weighted by Crippen LogP contribution is 2.36. The summed E-state index contributed by atoms with van der Waals surface area (Å²) in [5, 5.41) is 0. The molecular formula is C17H28O3. The molecule has 0 radical (unpaired) electrons. The van der Waals surface area contributed by atoms with Gasteiger partial charge in [0, 0.05) is 18.4 Å². The number of allylic oxidation sites excluding steroid dienone is 1. The highest BCUT2D eigenvalue weighted by Gasteiger charge is 2.27. The standard InChI is InChI=1S/C17H28O3/c1-4-20-16(19)14(2)9-8-12-17(3)11-7-5-6-10-15(18)13-17/h9H,4-8,10-13H2,1-3H3/b14-9+. The van der Waals surface area contributed by atoms with E-state index in [0.717, 1.165) is 32.1 Å². The first kappa shape index (κ1) is 16.9. The van der Waals surface area contributed by atoms with Crippen molar-refractivity contribution in [3.8, 4) is 0 Å². The topological polar surface area (TPSA) is 43.4 Å². The number of Topliss-reactive ketones (excluding diaryl/α,β-unsaturated/α-hetero) is 1. The van der Waals surface area contributed by atoms with Crippen molar-refractivity contribution in [1.82, 2.24) is 0 Å². The van der Waals surface area contributed by atoms with Gasteiger partial charge in [-0.05, 0) is 44.9 Å². The van der Waals surface area contributed by atoms with Crippen molar-refractivity contribution >= 4 is 11.8 Å². The van der Waals surface area contributed by atoms with Gasteiger partial charge in [-0.3, -0.25) is 4.79 Å². The smallest absolute Gasteiger partial charge is 0.333 e. The largest absolute Gasteiger partial charge is 0.463 e. The summed E-state index contributed by atoms with van der Waals surface area (Å²) in [6, 6.07) is 0. The SMILES string of the molecule is CCOC(=O)/C(C)=C/CCC1(C)CCCCCC(=O)C1. The molecule has 1 aliphatic carbocycles. The summed E-state index contributed by atoms with van der Waals surface area (Å²) in [7, 11) is 0. The number of esters is 1. The molecule has 0 aromatic rings. The molecule has 0 saturated heterocycles. The Morgan fingerprint density at radius 1 is 1.35 bits per heavy atom. The Labute approximate surface area is 122 Å². The summed E-state index contributed by atoms with van der Waals surface area (Å²) in [5.41, 5.74) is 0.774. The van der Waals surface area contributed by atoms with Gasteiger partial charge >= 0.3 is 5.97 Å². The molecule has 1 aliphatic rings. The molecule has 1 fully saturated rings. The lowest BCUT2D eigenvalue weighted by Gasteiger charge is -2.30. The molecule has 0 spiro atoms. The molecule has 0 aliphatic heterocycles. The van der Waals surface area contributed by atoms with E-state index in [0.29, 0.717) is 24.4 Å². The van der Waals surface area contributed by atoms with Crippen LogP contribution in [-0.4, -0.2) is 18.4 Å². The maximum atomic E-state index is 11.9. The minimum absolute atomic E-state index is 0.100. The van der Waals surface area contributed by atoms with Crippen LogP contribution in [0.5, 0.6) is 0 Å². The summed E-state index contributed by atoms with van der Waals surface area (Å²) in [4.78, 5) is 23.4. The highest BCUT2D eigenvalue weighted by molar-refractivity contribution is 5.87. The Kier molecular flexibility index (Phi) is 6.97. The van der Waals surface area contributed by atoms with Crippen LogP contribution in [0.15, 0.2) is 11.6 Å². The lowest BCUT2D eigenvalue weighted by molar-refractivity contribution is -0.138. The Bertz CT molecular complexity index is 370. The van der Waals surface area contributed by atoms with Crippen LogP contribution < -0.4 is 0 Å². The third kappa shape index (κ3) is 5.89. The number of carbonyl (C=O) groups excluding carboxylic acids is 2. The fraction of sp³-hybridized carbons (Fsp3) is 0.765. The molecule has 0 aromatic carbocycles. The van der Waals surface area contributed by atoms with E-state index in [9.17, 15) is 9.59 Å². The van der Waals surface area contributed by atoms with Crippen molar-refractivity contribution in [1.29, 1.82) is 0 Å². The molecule has 1 unspecified atom stereocenters. The molecule has 20 heavy (non-hydrogen) atoms. The van der Waals surface area contributed by atoms with Gasteiger partial charge in [-0.2, -0.15) is 0 Å². The average molecular weight is 280 g/mol. The van der Waals surface area contributed by atoms with Crippen LogP contribution in [0.25, 0.3) is 0 Å². The monoisotopic (exact) mass is 280 g/mol. The Hall–Kier alpha value is -1.12. The maximum Gasteiger partial charge on any atom is 0.333 e. The van der Waals surface area contributed by atoms with Crippen molar-refractivity contribution in [3.05, 3.63) is 11.6 Å². The van der Waals surface area contributed by atoms with E-state index in [1.54, 1.807) is 6.92 Å². The second kappa shape index (κ2) is 8.23. The van der Waals surface area contributed by atoms with E-state index in [-0.39, 0.29) is 11.4 Å². The minimum Gasteiger partial charge on any atom is -0.463 e. The minimum atomic E-state index is -0.230. The third-order valence-electron chi connectivity index (χ3n) is 4.16. The predicted molar refractivity (Wildman–Crippen MR) is 80.4 cm³/mol. The summed E-state index contributed by atoms with van der Waals surface area (Å²) in [6.45, 7) is 6.23. The molecule has 1 atom stereocenters. The van der Waals surface area contributed by atoms with Crippen LogP contribution in [0.3, 0.4) is 0 Å². The zero-order valence-electron chi connectivity index (χ0n) is 13.2. The lowest BCUT2D eigenvalue weighted by atomic mass is 9.74. The molecule has 0 amide bonds. The van der Waals surface area contributed by atoms with Crippen LogP contribution in [-0.2, 0) is 14.3 Å². The predicted octanol–water partition coefficient (Wildman–Crippen LogP) is 4.21. The van der Waals surface area contributed by atoms with E-state index >= 15 is 0 Å². The van der Waals surface area contributed by atoms with Crippen molar-refractivity contribution in [2.24, 2.45) is 5.41 Å². The van der Waals surface area contributed by atoms with Gasteiger partial charge in [0.25, 0.3) is 0 Å². The molecule has 3 nitrogen and oxygen atoms in total. The molecular weight excluding hydrogens is 252 g/mol. The molecule has 114 valence electrons. The summed E-state index contributed by atoms with van der Waals surface area (Å²) >= 11 is 0. The van der Waals surface area contributed by atoms with Crippen molar-refractivity contribution < 1.29 is 14.3 Å². The van der Waals surface area contributed by atoms with E-state index < -0.39 is 0 Å². The lowest BCUT2D eigenvalue weighted by Crippen LogP contribution is -2.22. The first-order valence-electron chi connectivity index (χ1n) is 7.82. The fourth-order valence-electron chi connectivity index (χ4n) is 2.88. The number of rotatable bonds is 5. The third-order valence-corrected chi connectivity index (χ3v) is 4.16. The van der Waals surface area contributed by atoms with Crippen LogP contribution in [0, 0.1) is 5.41 Å². The normalized spacial score (nSPS) is 24.9. The van der Waals surface area contributed by atoms with E-state index in [2.05, 4.69) is 6.92 Å². The molecule has 3 heteroatoms. The second-order valence-corrected chi connectivity index (χ2v) is 6.23. The zero-order chi connectivity index (χ0) is 15.0. The number of carbonyl (C=O) groups is 2. The number of ether oxygens (including phenoxy) is 1. The summed E-state index contributed by atoms with van der Waals surface area (Å²) < 4.78 is 4.96. The second-order valence-electron chi connectivity index (χ2n) is 6.23. The van der Waals surface area contributed by atoms with E-state index in [1.807, 2.05) is 13.0 Å². The number of hydrogen-bond acceptors (Lipinski definition) is 3. The van der Waals surface area contributed by atoms with Crippen molar-refractivity contribution in [3.63, 3.8) is 0 Å². The van der Waals surface area contributed by atoms with Gasteiger partial charge in [0.05, 0.1) is 6.61 Å². The van der Waals surface area contributed by atoms with Gasteiger partial charge in [0.1, 0.15) is 5.78 Å². The van der Waals surface area contributed by atoms with E-state index in [1.165, 1.54) is 12.8 Å². The van der Waals surface area contributed by atoms with Gasteiger partial charge < -0.3 is 4.74 Å². The van der Waals surface area contributed by atoms with Crippen LogP contribution in [0.1, 0.15) is 72.1 Å². The molecule has 0 aromatic heterocycles. The van der Waals surface area contributed by atoms with Crippen LogP contribution in [0.4, 0.5) is 0 Å². The Morgan fingerprint density at radius 3 is 2.80 bits per heavy atom. The quantitative estimate of drug-likeness (QED) is 0.560. The molecule has 0 bridgehead atoms. The maximum absolute atomic E-state index is 11.9. The van der Waals surface area contributed by atoms with Crippen LogP contribution >= 0.6 is 0 Å². The molecule has 1 rings (SSSR count). The highest BCUT2D eigenvalue weighted by atomic mass is 16.5. The van der Waals surface area contributed by atoms with Gasteiger partial charge in [0.2, 0.25) is 0 Å². The first-order valence-corrected chi connectivity index (χ1v) is 7.82. The molecule has 1 saturated carbocycles. The van der Waals surface area contributed by atoms with Gasteiger partial charge in [-0.25, -0.2) is 4.79 Å². The zero-order valence-corrected chi connectivity index (χ0v) is 13.2. The van der Waals surface area contributed by atoms with Gasteiger partial charge in [-0.15, -0.1) is 0 Å². The van der Waals surface area contributed by atoms with Crippen LogP contribution in [0.2, 0.25) is 0 Å². The van der Waals surface area contributed by atoms with Gasteiger partial charge in [0.15, 0.2) is 0 Å². The summed E-state index contributed by atoms with van der Waals surface area (Å²) in [6.07, 6.45) is 9.74. The van der Waals surface area contributed by atoms with E-state index in [4.69, 9.17) is 4.74 Å². The number of hydrogen-bond donors (Lipinski definition) is 0. The van der Waals surface area contributed by atoms with Crippen molar-refractivity contribution in [2.75, 3.05) is 6.61 Å². The Morgan fingerprint density at radius 2 is 2.10 bits per heavy atom. The van der Waals surface area contributed by atoms with Gasteiger partial charge in [-0.1, -0.05) is 25.8 Å². The average Bonchev–Trinajstić information content (AvgIpc) is 2.36. The molecule has 0 N–H and O–H groups in total. The number of ketones is 1. The Balaban J connectivity index is 2.50. The molecule has 0 heterocycles. The van der Waals surface area contributed by atoms with Crippen molar-refractivity contribution in [2.45, 2.75) is 72.1 Å².